The molecule has 12 heteroatoms. The van der Waals surface area contributed by atoms with Crippen LogP contribution in [0.15, 0.2) is 59.5 Å². The molecular weight excluding hydrogens is 441 g/mol. The lowest BCUT2D eigenvalue weighted by Crippen LogP contribution is -2.18. The van der Waals surface area contributed by atoms with E-state index in [2.05, 4.69) is 20.3 Å². The van der Waals surface area contributed by atoms with E-state index in [1.165, 1.54) is 24.3 Å². The van der Waals surface area contributed by atoms with E-state index in [1.807, 2.05) is 0 Å². The molecule has 0 bridgehead atoms. The van der Waals surface area contributed by atoms with Crippen LogP contribution in [0.1, 0.15) is 0 Å². The highest BCUT2D eigenvalue weighted by Gasteiger charge is 2.43. The fraction of sp³-hybridized carbons (Fsp3) is 0.0556. The number of H-pyrrole nitrogens is 1. The van der Waals surface area contributed by atoms with E-state index >= 15 is 0 Å². The van der Waals surface area contributed by atoms with Gasteiger partial charge in [-0.3, -0.25) is 5.10 Å². The lowest BCUT2D eigenvalue weighted by atomic mass is 10.2. The van der Waals surface area contributed by atoms with Crippen LogP contribution in [0.5, 0.6) is 0 Å². The second-order valence-corrected chi connectivity index (χ2v) is 7.88. The largest absolute Gasteiger partial charge is 0.476 e. The number of nitrogen functional groups attached to an aromatic ring is 1. The summed E-state index contributed by atoms with van der Waals surface area (Å²) >= 11 is 5.86. The minimum Gasteiger partial charge on any atom is -0.383 e. The molecule has 154 valence electrons. The second-order valence-electron chi connectivity index (χ2n) is 6.04. The summed E-state index contributed by atoms with van der Waals surface area (Å²) in [5, 5.41) is 11.1. The van der Waals surface area contributed by atoms with Crippen LogP contribution < -0.4 is 5.73 Å². The Kier molecular flexibility index (Phi) is 5.08. The summed E-state index contributed by atoms with van der Waals surface area (Å²) in [6.45, 7) is 0. The Labute approximate surface area is 175 Å². The Hall–Kier alpha value is -3.18. The van der Waals surface area contributed by atoms with E-state index in [0.717, 1.165) is 4.68 Å². The first-order valence-corrected chi connectivity index (χ1v) is 9.89. The van der Waals surface area contributed by atoms with Crippen molar-refractivity contribution < 1.29 is 17.4 Å². The maximum Gasteiger partial charge on any atom is 0.476 e. The van der Waals surface area contributed by atoms with Gasteiger partial charge in [0.05, 0.1) is 5.69 Å². The standard InChI is InChI=1S/C18H12ClF3N6OS/c19-11-6-8-12(9-7-11)28-15(23)14(30(29)18(20,21)22)13(27-28)17-24-16(25-26-17)10-4-2-1-3-5-10/h1-9H,23H2,(H,24,25,26). The molecule has 4 rings (SSSR count). The van der Waals surface area contributed by atoms with E-state index in [1.54, 1.807) is 30.3 Å². The van der Waals surface area contributed by atoms with Gasteiger partial charge in [0.25, 0.3) is 0 Å². The molecule has 1 atom stereocenters. The van der Waals surface area contributed by atoms with Crippen LogP contribution in [-0.2, 0) is 10.8 Å². The number of nitrogens with zero attached hydrogens (tertiary/aromatic N) is 4. The third-order valence-electron chi connectivity index (χ3n) is 4.08. The third kappa shape index (κ3) is 3.68. The van der Waals surface area contributed by atoms with Gasteiger partial charge in [0, 0.05) is 10.6 Å². The van der Waals surface area contributed by atoms with Gasteiger partial charge in [0.1, 0.15) is 16.4 Å². The van der Waals surface area contributed by atoms with Gasteiger partial charge in [-0.1, -0.05) is 41.9 Å². The Bertz CT molecular complexity index is 1220. The van der Waals surface area contributed by atoms with Gasteiger partial charge in [-0.2, -0.15) is 23.4 Å². The molecule has 0 saturated carbocycles. The molecule has 0 aliphatic heterocycles. The zero-order valence-electron chi connectivity index (χ0n) is 14.9. The van der Waals surface area contributed by atoms with Crippen molar-refractivity contribution in [2.75, 3.05) is 5.73 Å². The molecule has 0 radical (unpaired) electrons. The number of anilines is 1. The first-order chi connectivity index (χ1) is 14.3. The number of hydrogen-bond acceptors (Lipinski definition) is 5. The molecule has 2 aromatic heterocycles. The maximum atomic E-state index is 13.3. The van der Waals surface area contributed by atoms with E-state index < -0.39 is 27.0 Å². The summed E-state index contributed by atoms with van der Waals surface area (Å²) in [6, 6.07) is 14.9. The van der Waals surface area contributed by atoms with Crippen LogP contribution in [0.25, 0.3) is 28.6 Å². The molecule has 0 spiro atoms. The Morgan fingerprint density at radius 1 is 1.07 bits per heavy atom. The monoisotopic (exact) mass is 452 g/mol. The fourth-order valence-electron chi connectivity index (χ4n) is 2.73. The van der Waals surface area contributed by atoms with E-state index in [0.29, 0.717) is 16.3 Å². The third-order valence-corrected chi connectivity index (χ3v) is 5.53. The molecule has 0 aliphatic carbocycles. The molecule has 4 aromatic rings. The minimum atomic E-state index is -5.04. The average molecular weight is 453 g/mol. The number of hydrogen-bond donors (Lipinski definition) is 2. The van der Waals surface area contributed by atoms with E-state index in [4.69, 9.17) is 17.3 Å². The van der Waals surface area contributed by atoms with Crippen molar-refractivity contribution in [2.45, 2.75) is 10.4 Å². The fourth-order valence-corrected chi connectivity index (χ4v) is 3.68. The molecule has 30 heavy (non-hydrogen) atoms. The maximum absolute atomic E-state index is 13.3. The summed E-state index contributed by atoms with van der Waals surface area (Å²) < 4.78 is 53.1. The highest BCUT2D eigenvalue weighted by atomic mass is 35.5. The van der Waals surface area contributed by atoms with E-state index in [-0.39, 0.29) is 17.3 Å². The lowest BCUT2D eigenvalue weighted by Gasteiger charge is -2.07. The van der Waals surface area contributed by atoms with Crippen molar-refractivity contribution in [3.05, 3.63) is 59.6 Å². The summed E-state index contributed by atoms with van der Waals surface area (Å²) in [4.78, 5) is 3.52. The van der Waals surface area contributed by atoms with Gasteiger partial charge in [-0.25, -0.2) is 13.9 Å². The van der Waals surface area contributed by atoms with Crippen LogP contribution in [0.2, 0.25) is 5.02 Å². The molecular formula is C18H12ClF3N6OS. The summed E-state index contributed by atoms with van der Waals surface area (Å²) in [5.74, 6) is -0.282. The SMILES string of the molecule is Nc1c(S(=O)C(F)(F)F)c(-c2nc(-c3ccccc3)n[nH]2)nn1-c1ccc(Cl)cc1. The zero-order chi connectivity index (χ0) is 21.5. The molecule has 3 N–H and O–H groups in total. The van der Waals surface area contributed by atoms with Crippen molar-refractivity contribution in [1.29, 1.82) is 0 Å². The topological polar surface area (TPSA) is 102 Å². The van der Waals surface area contributed by atoms with Crippen LogP contribution in [-0.4, -0.2) is 34.7 Å². The first-order valence-electron chi connectivity index (χ1n) is 8.37. The van der Waals surface area contributed by atoms with Crippen molar-refractivity contribution in [3.8, 4) is 28.6 Å². The van der Waals surface area contributed by atoms with Gasteiger partial charge < -0.3 is 5.73 Å². The van der Waals surface area contributed by atoms with Crippen molar-refractivity contribution in [1.82, 2.24) is 25.0 Å². The average Bonchev–Trinajstić information content (AvgIpc) is 3.33. The number of nitrogens with one attached hydrogen (secondary N) is 1. The van der Waals surface area contributed by atoms with Gasteiger partial charge >= 0.3 is 5.51 Å². The van der Waals surface area contributed by atoms with Gasteiger partial charge in [0.15, 0.2) is 22.4 Å². The Morgan fingerprint density at radius 2 is 1.73 bits per heavy atom. The predicted octanol–water partition coefficient (Wildman–Crippen LogP) is 4.19. The van der Waals surface area contributed by atoms with Gasteiger partial charge in [-0.05, 0) is 24.3 Å². The molecule has 0 fully saturated rings. The predicted molar refractivity (Wildman–Crippen MR) is 106 cm³/mol. The lowest BCUT2D eigenvalue weighted by molar-refractivity contribution is -0.0384. The number of aromatic amines is 1. The molecule has 2 aromatic carbocycles. The molecule has 1 unspecified atom stereocenters. The normalized spacial score (nSPS) is 12.8. The highest BCUT2D eigenvalue weighted by Crippen LogP contribution is 2.37. The van der Waals surface area contributed by atoms with E-state index in [9.17, 15) is 17.4 Å². The molecule has 7 nitrogen and oxygen atoms in total. The molecule has 0 aliphatic rings. The van der Waals surface area contributed by atoms with Gasteiger partial charge in [-0.15, -0.1) is 0 Å². The molecule has 0 saturated heterocycles. The van der Waals surface area contributed by atoms with Crippen molar-refractivity contribution in [3.63, 3.8) is 0 Å². The summed E-state index contributed by atoms with van der Waals surface area (Å²) in [5.41, 5.74) is 1.57. The molecule has 2 heterocycles. The quantitative estimate of drug-likeness (QED) is 0.483. The number of rotatable bonds is 4. The Morgan fingerprint density at radius 3 is 2.37 bits per heavy atom. The zero-order valence-corrected chi connectivity index (χ0v) is 16.5. The van der Waals surface area contributed by atoms with Crippen LogP contribution in [0.3, 0.4) is 0 Å². The minimum absolute atomic E-state index is 0.0964. The van der Waals surface area contributed by atoms with Crippen LogP contribution in [0, 0.1) is 0 Å². The first kappa shape index (κ1) is 20.1. The molecule has 0 amide bonds. The number of halogens is 4. The van der Waals surface area contributed by atoms with Crippen LogP contribution >= 0.6 is 11.6 Å². The summed E-state index contributed by atoms with van der Waals surface area (Å²) in [7, 11) is -3.44. The second kappa shape index (κ2) is 7.58. The summed E-state index contributed by atoms with van der Waals surface area (Å²) in [6.07, 6.45) is 0. The number of benzene rings is 2. The van der Waals surface area contributed by atoms with Gasteiger partial charge in [0.2, 0.25) is 0 Å². The number of aromatic nitrogens is 5. The number of nitrogens with two attached hydrogens (primary N) is 1. The Balaban J connectivity index is 1.88. The highest BCUT2D eigenvalue weighted by molar-refractivity contribution is 7.86. The number of alkyl halides is 3. The smallest absolute Gasteiger partial charge is 0.383 e. The van der Waals surface area contributed by atoms with Crippen molar-refractivity contribution in [2.24, 2.45) is 0 Å². The van der Waals surface area contributed by atoms with Crippen molar-refractivity contribution >= 4 is 28.2 Å². The van der Waals surface area contributed by atoms with Crippen LogP contribution in [0.4, 0.5) is 19.0 Å².